The number of rotatable bonds is 8. The van der Waals surface area contributed by atoms with Crippen molar-refractivity contribution in [3.63, 3.8) is 0 Å². The summed E-state index contributed by atoms with van der Waals surface area (Å²) in [6.07, 6.45) is 0. The molecular formula is C36H34BO2. The van der Waals surface area contributed by atoms with Gasteiger partial charge in [0.15, 0.2) is 0 Å². The summed E-state index contributed by atoms with van der Waals surface area (Å²) in [5.74, 6) is 0. The van der Waals surface area contributed by atoms with E-state index in [0.29, 0.717) is 0 Å². The minimum atomic E-state index is -0.964. The molecule has 0 aromatic heterocycles. The molecule has 0 atom stereocenters. The highest BCUT2D eigenvalue weighted by Crippen LogP contribution is 2.31. The number of hydrogen-bond acceptors (Lipinski definition) is 2. The van der Waals surface area contributed by atoms with Crippen molar-refractivity contribution < 1.29 is 9.76 Å². The molecule has 0 bridgehead atoms. The minimum Gasteiger partial charge on any atom is -0.427 e. The van der Waals surface area contributed by atoms with Gasteiger partial charge in [-0.3, -0.25) is 0 Å². The molecule has 0 saturated heterocycles. The molecule has 0 amide bonds. The third-order valence-electron chi connectivity index (χ3n) is 7.57. The first kappa shape index (κ1) is 26.7. The van der Waals surface area contributed by atoms with Crippen LogP contribution in [0.2, 0.25) is 0 Å². The zero-order valence-corrected chi connectivity index (χ0v) is 23.1. The molecule has 1 N–H and O–H groups in total. The summed E-state index contributed by atoms with van der Waals surface area (Å²) < 4.78 is 5.98. The van der Waals surface area contributed by atoms with Crippen LogP contribution < -0.4 is 5.46 Å². The van der Waals surface area contributed by atoms with Crippen LogP contribution in [0.1, 0.15) is 27.7 Å². The first-order valence-electron chi connectivity index (χ1n) is 13.4. The van der Waals surface area contributed by atoms with Gasteiger partial charge in [0, 0.05) is 0 Å². The summed E-state index contributed by atoms with van der Waals surface area (Å²) in [5, 5.41) is 10.4. The van der Waals surface area contributed by atoms with Crippen molar-refractivity contribution in [3.05, 3.63) is 127 Å². The summed E-state index contributed by atoms with van der Waals surface area (Å²) in [6, 6.07) is 44.9. The number of benzene rings is 5. The van der Waals surface area contributed by atoms with E-state index in [1.54, 1.807) is 21.3 Å². The first-order valence-corrected chi connectivity index (χ1v) is 13.4. The van der Waals surface area contributed by atoms with Crippen molar-refractivity contribution in [3.8, 4) is 44.5 Å². The van der Waals surface area contributed by atoms with Gasteiger partial charge >= 0.3 is 7.48 Å². The van der Waals surface area contributed by atoms with Crippen LogP contribution in [0, 0.1) is 0 Å². The van der Waals surface area contributed by atoms with Crippen LogP contribution in [0.4, 0.5) is 0 Å². The Morgan fingerprint density at radius 3 is 1.36 bits per heavy atom. The molecule has 0 fully saturated rings. The lowest BCUT2D eigenvalue weighted by atomic mass is 9.81. The molecule has 3 heteroatoms. The Morgan fingerprint density at radius 2 is 0.846 bits per heavy atom. The summed E-state index contributed by atoms with van der Waals surface area (Å²) in [4.78, 5) is 0. The molecule has 0 aliphatic rings. The van der Waals surface area contributed by atoms with Crippen LogP contribution in [0.15, 0.2) is 127 Å². The van der Waals surface area contributed by atoms with Crippen LogP contribution in [0.3, 0.4) is 0 Å². The lowest BCUT2D eigenvalue weighted by Crippen LogP contribution is -2.49. The molecule has 0 heterocycles. The Kier molecular flexibility index (Phi) is 7.57. The fraction of sp³-hybridized carbons (Fsp3) is 0.167. The summed E-state index contributed by atoms with van der Waals surface area (Å²) in [7, 11) is 1.73. The normalized spacial score (nSPS) is 11.8. The molecule has 0 aliphatic heterocycles. The van der Waals surface area contributed by atoms with Gasteiger partial charge in [-0.05, 0) is 84.3 Å². The zero-order chi connectivity index (χ0) is 27.5. The highest BCUT2D eigenvalue weighted by Gasteiger charge is 2.35. The van der Waals surface area contributed by atoms with Gasteiger partial charge in [0.2, 0.25) is 0 Å². The van der Waals surface area contributed by atoms with Gasteiger partial charge < -0.3 is 9.76 Å². The SMILES string of the molecule is CC(C)(O)C(C)(C)O[B]c1cccc(-c2cccc(-c3cccc(-c4ccc(-c5ccccc5)cc4)c3)c2)c1. The average Bonchev–Trinajstić information content (AvgIpc) is 2.96. The second kappa shape index (κ2) is 11.1. The van der Waals surface area contributed by atoms with Gasteiger partial charge in [0.1, 0.15) is 0 Å². The molecule has 0 aliphatic carbocycles. The van der Waals surface area contributed by atoms with Gasteiger partial charge in [-0.2, -0.15) is 0 Å². The Morgan fingerprint density at radius 1 is 0.462 bits per heavy atom. The average molecular weight is 509 g/mol. The van der Waals surface area contributed by atoms with E-state index in [1.165, 1.54) is 33.4 Å². The second-order valence-corrected chi connectivity index (χ2v) is 11.0. The molecule has 5 rings (SSSR count). The predicted molar refractivity (Wildman–Crippen MR) is 165 cm³/mol. The fourth-order valence-corrected chi connectivity index (χ4v) is 4.39. The summed E-state index contributed by atoms with van der Waals surface area (Å²) in [6.45, 7) is 7.31. The second-order valence-electron chi connectivity index (χ2n) is 11.0. The molecule has 1 radical (unpaired) electrons. The quantitative estimate of drug-likeness (QED) is 0.214. The van der Waals surface area contributed by atoms with Gasteiger partial charge in [0.25, 0.3) is 0 Å². The molecule has 5 aromatic rings. The maximum absolute atomic E-state index is 10.4. The maximum Gasteiger partial charge on any atom is 0.330 e. The van der Waals surface area contributed by atoms with Gasteiger partial charge in [-0.1, -0.05) is 121 Å². The molecule has 0 saturated carbocycles. The first-order chi connectivity index (χ1) is 18.7. The van der Waals surface area contributed by atoms with Crippen molar-refractivity contribution in [1.82, 2.24) is 0 Å². The Balaban J connectivity index is 1.37. The smallest absolute Gasteiger partial charge is 0.330 e. The largest absolute Gasteiger partial charge is 0.427 e. The van der Waals surface area contributed by atoms with E-state index in [9.17, 15) is 5.11 Å². The monoisotopic (exact) mass is 509 g/mol. The molecular weight excluding hydrogens is 475 g/mol. The Bertz CT molecular complexity index is 1550. The van der Waals surface area contributed by atoms with Crippen molar-refractivity contribution in [1.29, 1.82) is 0 Å². The number of aliphatic hydroxyl groups is 1. The number of hydrogen-bond donors (Lipinski definition) is 1. The highest BCUT2D eigenvalue weighted by molar-refractivity contribution is 6.47. The van der Waals surface area contributed by atoms with Crippen LogP contribution in [0.5, 0.6) is 0 Å². The summed E-state index contributed by atoms with van der Waals surface area (Å²) in [5.41, 5.74) is 8.72. The molecule has 5 aromatic carbocycles. The van der Waals surface area contributed by atoms with Gasteiger partial charge in [0.05, 0.1) is 11.2 Å². The van der Waals surface area contributed by atoms with Crippen LogP contribution in [-0.4, -0.2) is 23.8 Å². The van der Waals surface area contributed by atoms with E-state index in [-0.39, 0.29) is 0 Å². The van der Waals surface area contributed by atoms with E-state index in [4.69, 9.17) is 4.65 Å². The highest BCUT2D eigenvalue weighted by atomic mass is 16.5. The Labute approximate surface area is 233 Å². The third kappa shape index (κ3) is 6.22. The summed E-state index contributed by atoms with van der Waals surface area (Å²) >= 11 is 0. The lowest BCUT2D eigenvalue weighted by molar-refractivity contribution is -0.0893. The van der Waals surface area contributed by atoms with Crippen LogP contribution >= 0.6 is 0 Å². The standard InChI is InChI=1S/C36H34BO2/c1-35(2,38)36(3,4)39-37-34-18-10-17-33(25-34)32-16-9-15-31(24-32)30-14-8-13-29(23-30)28-21-19-27(20-22-28)26-11-6-5-7-12-26/h5-25,38H,1-4H3. The third-order valence-corrected chi connectivity index (χ3v) is 7.57. The van der Waals surface area contributed by atoms with E-state index in [1.807, 2.05) is 32.0 Å². The molecule has 0 spiro atoms. The van der Waals surface area contributed by atoms with Crippen molar-refractivity contribution >= 4 is 12.9 Å². The molecule has 2 nitrogen and oxygen atoms in total. The molecule has 0 unspecified atom stereocenters. The van der Waals surface area contributed by atoms with Crippen LogP contribution in [0.25, 0.3) is 44.5 Å². The topological polar surface area (TPSA) is 29.5 Å². The van der Waals surface area contributed by atoms with E-state index < -0.39 is 11.2 Å². The lowest BCUT2D eigenvalue weighted by Gasteiger charge is -2.37. The van der Waals surface area contributed by atoms with E-state index in [2.05, 4.69) is 109 Å². The van der Waals surface area contributed by atoms with E-state index in [0.717, 1.165) is 16.6 Å². The molecule has 39 heavy (non-hydrogen) atoms. The fourth-order valence-electron chi connectivity index (χ4n) is 4.39. The van der Waals surface area contributed by atoms with Crippen molar-refractivity contribution in [2.75, 3.05) is 0 Å². The van der Waals surface area contributed by atoms with Crippen LogP contribution in [-0.2, 0) is 4.65 Å². The molecule has 193 valence electrons. The zero-order valence-electron chi connectivity index (χ0n) is 23.1. The van der Waals surface area contributed by atoms with Gasteiger partial charge in [-0.25, -0.2) is 0 Å². The maximum atomic E-state index is 10.4. The van der Waals surface area contributed by atoms with E-state index >= 15 is 0 Å². The van der Waals surface area contributed by atoms with Crippen molar-refractivity contribution in [2.24, 2.45) is 0 Å². The predicted octanol–water partition coefficient (Wildman–Crippen LogP) is 8.17. The Hall–Kier alpha value is -3.92. The van der Waals surface area contributed by atoms with Crippen molar-refractivity contribution in [2.45, 2.75) is 38.9 Å². The minimum absolute atomic E-state index is 0.712. The van der Waals surface area contributed by atoms with Gasteiger partial charge in [-0.15, -0.1) is 0 Å².